The molecule has 2 rings (SSSR count). The van der Waals surface area contributed by atoms with Gasteiger partial charge in [0.25, 0.3) is 0 Å². The van der Waals surface area contributed by atoms with Crippen LogP contribution in [-0.2, 0) is 5.41 Å². The standard InChI is InChI=1S/C15H24ClN3O/c1-10-12(16)17-14(15(2,3)4)18-13(10)20-11-6-8-19(5)9-7-11/h11H,6-9H2,1-5H3. The maximum atomic E-state index is 6.23. The summed E-state index contributed by atoms with van der Waals surface area (Å²) >= 11 is 6.23. The molecule has 0 N–H and O–H groups in total. The van der Waals surface area contributed by atoms with E-state index in [9.17, 15) is 0 Å². The summed E-state index contributed by atoms with van der Waals surface area (Å²) in [6.45, 7) is 10.3. The first-order valence-electron chi connectivity index (χ1n) is 7.17. The molecule has 0 radical (unpaired) electrons. The molecule has 1 aromatic rings. The van der Waals surface area contributed by atoms with E-state index in [-0.39, 0.29) is 11.5 Å². The van der Waals surface area contributed by atoms with Gasteiger partial charge in [0, 0.05) is 24.1 Å². The van der Waals surface area contributed by atoms with E-state index in [0.717, 1.165) is 37.3 Å². The van der Waals surface area contributed by atoms with Gasteiger partial charge in [-0.3, -0.25) is 0 Å². The number of piperidine rings is 1. The Morgan fingerprint density at radius 3 is 2.35 bits per heavy atom. The van der Waals surface area contributed by atoms with E-state index < -0.39 is 0 Å². The van der Waals surface area contributed by atoms with Gasteiger partial charge in [0.2, 0.25) is 5.88 Å². The van der Waals surface area contributed by atoms with Gasteiger partial charge in [-0.1, -0.05) is 32.4 Å². The molecule has 0 amide bonds. The van der Waals surface area contributed by atoms with Gasteiger partial charge in [-0.25, -0.2) is 4.98 Å². The Kier molecular flexibility index (Phi) is 4.55. The minimum atomic E-state index is -0.137. The summed E-state index contributed by atoms with van der Waals surface area (Å²) in [5.41, 5.74) is 0.695. The molecule has 0 saturated carbocycles. The Labute approximate surface area is 126 Å². The highest BCUT2D eigenvalue weighted by molar-refractivity contribution is 6.30. The average Bonchev–Trinajstić information content (AvgIpc) is 2.36. The Hall–Kier alpha value is -0.870. The van der Waals surface area contributed by atoms with E-state index in [1.807, 2.05) is 6.92 Å². The lowest BCUT2D eigenvalue weighted by atomic mass is 9.96. The van der Waals surface area contributed by atoms with Crippen molar-refractivity contribution in [2.45, 2.75) is 52.1 Å². The summed E-state index contributed by atoms with van der Waals surface area (Å²) in [6, 6.07) is 0. The molecular weight excluding hydrogens is 274 g/mol. The lowest BCUT2D eigenvalue weighted by molar-refractivity contribution is 0.108. The van der Waals surface area contributed by atoms with Crippen LogP contribution in [0.5, 0.6) is 5.88 Å². The first kappa shape index (κ1) is 15.5. The second-order valence-electron chi connectivity index (χ2n) is 6.64. The molecule has 1 saturated heterocycles. The number of hydrogen-bond donors (Lipinski definition) is 0. The van der Waals surface area contributed by atoms with Crippen molar-refractivity contribution in [2.24, 2.45) is 0 Å². The SMILES string of the molecule is Cc1c(Cl)nc(C(C)(C)C)nc1OC1CCN(C)CC1. The predicted octanol–water partition coefficient (Wildman–Crippen LogP) is 3.21. The van der Waals surface area contributed by atoms with Crippen molar-refractivity contribution in [3.05, 3.63) is 16.5 Å². The van der Waals surface area contributed by atoms with Gasteiger partial charge in [0.1, 0.15) is 17.1 Å². The number of rotatable bonds is 2. The van der Waals surface area contributed by atoms with Crippen molar-refractivity contribution in [3.63, 3.8) is 0 Å². The Morgan fingerprint density at radius 2 is 1.80 bits per heavy atom. The maximum absolute atomic E-state index is 6.23. The van der Waals surface area contributed by atoms with Crippen LogP contribution in [0, 0.1) is 6.92 Å². The Bertz CT molecular complexity index is 477. The quantitative estimate of drug-likeness (QED) is 0.786. The van der Waals surface area contributed by atoms with Crippen LogP contribution < -0.4 is 4.74 Å². The molecule has 112 valence electrons. The fourth-order valence-electron chi connectivity index (χ4n) is 2.18. The van der Waals surface area contributed by atoms with Crippen molar-refractivity contribution < 1.29 is 4.74 Å². The molecule has 0 atom stereocenters. The van der Waals surface area contributed by atoms with Gasteiger partial charge in [0.05, 0.1) is 0 Å². The molecule has 4 nitrogen and oxygen atoms in total. The smallest absolute Gasteiger partial charge is 0.221 e. The summed E-state index contributed by atoms with van der Waals surface area (Å²) in [5, 5.41) is 0.493. The van der Waals surface area contributed by atoms with Crippen LogP contribution in [0.4, 0.5) is 0 Å². The molecule has 1 aromatic heterocycles. The van der Waals surface area contributed by atoms with Gasteiger partial charge in [0.15, 0.2) is 0 Å². The molecule has 0 aromatic carbocycles. The third-order valence-electron chi connectivity index (χ3n) is 3.66. The van der Waals surface area contributed by atoms with Crippen LogP contribution in [0.15, 0.2) is 0 Å². The van der Waals surface area contributed by atoms with Gasteiger partial charge in [-0.15, -0.1) is 0 Å². The average molecular weight is 298 g/mol. The van der Waals surface area contributed by atoms with E-state index in [4.69, 9.17) is 16.3 Å². The lowest BCUT2D eigenvalue weighted by Gasteiger charge is -2.29. The van der Waals surface area contributed by atoms with Crippen molar-refractivity contribution in [3.8, 4) is 5.88 Å². The molecule has 20 heavy (non-hydrogen) atoms. The monoisotopic (exact) mass is 297 g/mol. The fraction of sp³-hybridized carbons (Fsp3) is 0.733. The van der Waals surface area contributed by atoms with E-state index in [1.165, 1.54) is 0 Å². The second-order valence-corrected chi connectivity index (χ2v) is 7.00. The summed E-state index contributed by atoms with van der Waals surface area (Å²) in [4.78, 5) is 11.3. The summed E-state index contributed by atoms with van der Waals surface area (Å²) in [7, 11) is 2.14. The Morgan fingerprint density at radius 1 is 1.20 bits per heavy atom. The number of hydrogen-bond acceptors (Lipinski definition) is 4. The largest absolute Gasteiger partial charge is 0.474 e. The first-order valence-corrected chi connectivity index (χ1v) is 7.55. The second kappa shape index (κ2) is 5.86. The minimum Gasteiger partial charge on any atom is -0.474 e. The number of halogens is 1. The fourth-order valence-corrected chi connectivity index (χ4v) is 2.34. The zero-order valence-corrected chi connectivity index (χ0v) is 13.8. The van der Waals surface area contributed by atoms with Crippen molar-refractivity contribution in [1.29, 1.82) is 0 Å². The van der Waals surface area contributed by atoms with Gasteiger partial charge in [-0.2, -0.15) is 4.98 Å². The van der Waals surface area contributed by atoms with Gasteiger partial charge in [-0.05, 0) is 26.8 Å². The van der Waals surface area contributed by atoms with E-state index in [0.29, 0.717) is 11.0 Å². The van der Waals surface area contributed by atoms with Crippen LogP contribution in [-0.4, -0.2) is 41.1 Å². The summed E-state index contributed by atoms with van der Waals surface area (Å²) in [6.07, 6.45) is 2.29. The molecule has 0 unspecified atom stereocenters. The van der Waals surface area contributed by atoms with E-state index in [1.54, 1.807) is 0 Å². The third-order valence-corrected chi connectivity index (χ3v) is 4.02. The van der Waals surface area contributed by atoms with E-state index >= 15 is 0 Å². The van der Waals surface area contributed by atoms with Crippen molar-refractivity contribution in [2.75, 3.05) is 20.1 Å². The number of aromatic nitrogens is 2. The number of nitrogens with zero attached hydrogens (tertiary/aromatic N) is 3. The van der Waals surface area contributed by atoms with Crippen LogP contribution in [0.3, 0.4) is 0 Å². The normalized spacial score (nSPS) is 18.3. The maximum Gasteiger partial charge on any atom is 0.221 e. The molecule has 2 heterocycles. The molecule has 1 aliphatic rings. The van der Waals surface area contributed by atoms with Crippen LogP contribution in [0.25, 0.3) is 0 Å². The van der Waals surface area contributed by atoms with Crippen LogP contribution >= 0.6 is 11.6 Å². The first-order chi connectivity index (χ1) is 9.27. The summed E-state index contributed by atoms with van der Waals surface area (Å²) in [5.74, 6) is 1.38. The highest BCUT2D eigenvalue weighted by atomic mass is 35.5. The lowest BCUT2D eigenvalue weighted by Crippen LogP contribution is -2.36. The minimum absolute atomic E-state index is 0.137. The molecule has 0 bridgehead atoms. The molecule has 0 spiro atoms. The zero-order chi connectivity index (χ0) is 14.9. The predicted molar refractivity (Wildman–Crippen MR) is 81.6 cm³/mol. The van der Waals surface area contributed by atoms with Gasteiger partial charge < -0.3 is 9.64 Å². The van der Waals surface area contributed by atoms with Crippen LogP contribution in [0.1, 0.15) is 45.0 Å². The highest BCUT2D eigenvalue weighted by Gasteiger charge is 2.24. The topological polar surface area (TPSA) is 38.3 Å². The Balaban J connectivity index is 2.20. The van der Waals surface area contributed by atoms with Crippen molar-refractivity contribution in [1.82, 2.24) is 14.9 Å². The molecule has 1 fully saturated rings. The van der Waals surface area contributed by atoms with Gasteiger partial charge >= 0.3 is 0 Å². The summed E-state index contributed by atoms with van der Waals surface area (Å²) < 4.78 is 6.09. The van der Waals surface area contributed by atoms with Crippen LogP contribution in [0.2, 0.25) is 5.15 Å². The number of likely N-dealkylation sites (tertiary alicyclic amines) is 1. The zero-order valence-electron chi connectivity index (χ0n) is 13.0. The highest BCUT2D eigenvalue weighted by Crippen LogP contribution is 2.29. The molecule has 0 aliphatic carbocycles. The number of ether oxygens (including phenoxy) is 1. The molecule has 1 aliphatic heterocycles. The molecular formula is C15H24ClN3O. The third kappa shape index (κ3) is 3.61. The van der Waals surface area contributed by atoms with E-state index in [2.05, 4.69) is 42.7 Å². The molecule has 5 heteroatoms. The van der Waals surface area contributed by atoms with Crippen molar-refractivity contribution >= 4 is 11.6 Å².